The van der Waals surface area contributed by atoms with Gasteiger partial charge in [0, 0.05) is 31.4 Å². The summed E-state index contributed by atoms with van der Waals surface area (Å²) in [5.74, 6) is 0.385. The Hall–Kier alpha value is -2.54. The van der Waals surface area contributed by atoms with Gasteiger partial charge >= 0.3 is 12.1 Å². The molecule has 2 saturated heterocycles. The number of ether oxygens (including phenoxy) is 1. The van der Waals surface area contributed by atoms with E-state index in [4.69, 9.17) is 4.74 Å². The Bertz CT molecular complexity index is 690. The summed E-state index contributed by atoms with van der Waals surface area (Å²) in [5, 5.41) is 5.88. The molecule has 2 N–H and O–H groups in total. The highest BCUT2D eigenvalue weighted by atomic mass is 16.6. The average molecular weight is 386 g/mol. The molecule has 0 unspecified atom stereocenters. The molecule has 2 aliphatic heterocycles. The van der Waals surface area contributed by atoms with E-state index >= 15 is 0 Å². The SMILES string of the molecule is C=C(C)OC(=O)N1CCC(NC(=O)Nc2ccc(CN3CCCC3)cc2)CC1. The van der Waals surface area contributed by atoms with E-state index in [0.29, 0.717) is 31.7 Å². The van der Waals surface area contributed by atoms with Crippen LogP contribution in [0.4, 0.5) is 15.3 Å². The molecule has 3 amide bonds. The highest BCUT2D eigenvalue weighted by Crippen LogP contribution is 2.16. The number of nitrogens with one attached hydrogen (secondary N) is 2. The molecular formula is C21H30N4O3. The number of hydrogen-bond donors (Lipinski definition) is 2. The normalized spacial score (nSPS) is 18.0. The number of amides is 3. The predicted octanol–water partition coefficient (Wildman–Crippen LogP) is 3.54. The van der Waals surface area contributed by atoms with E-state index in [-0.39, 0.29) is 18.2 Å². The van der Waals surface area contributed by atoms with Gasteiger partial charge in [-0.3, -0.25) is 4.90 Å². The molecule has 2 aliphatic rings. The number of rotatable bonds is 5. The van der Waals surface area contributed by atoms with Crippen LogP contribution >= 0.6 is 0 Å². The highest BCUT2D eigenvalue weighted by Gasteiger charge is 2.25. The van der Waals surface area contributed by atoms with Crippen LogP contribution in [0.25, 0.3) is 0 Å². The second-order valence-electron chi connectivity index (χ2n) is 7.61. The fraction of sp³-hybridized carbons (Fsp3) is 0.524. The monoisotopic (exact) mass is 386 g/mol. The number of hydrogen-bond acceptors (Lipinski definition) is 4. The Morgan fingerprint density at radius 3 is 2.36 bits per heavy atom. The Balaban J connectivity index is 1.39. The van der Waals surface area contributed by atoms with Gasteiger partial charge in [-0.15, -0.1) is 0 Å². The lowest BCUT2D eigenvalue weighted by Gasteiger charge is -2.31. The van der Waals surface area contributed by atoms with Crippen molar-refractivity contribution in [2.75, 3.05) is 31.5 Å². The van der Waals surface area contributed by atoms with Crippen molar-refractivity contribution >= 4 is 17.8 Å². The van der Waals surface area contributed by atoms with Crippen molar-refractivity contribution in [3.8, 4) is 0 Å². The first kappa shape index (κ1) is 20.2. The molecule has 7 nitrogen and oxygen atoms in total. The maximum absolute atomic E-state index is 12.3. The second kappa shape index (κ2) is 9.59. The van der Waals surface area contributed by atoms with Gasteiger partial charge in [-0.25, -0.2) is 9.59 Å². The van der Waals surface area contributed by atoms with Gasteiger partial charge < -0.3 is 20.3 Å². The molecule has 0 saturated carbocycles. The first-order valence-corrected chi connectivity index (χ1v) is 10.0. The zero-order valence-corrected chi connectivity index (χ0v) is 16.6. The first-order valence-electron chi connectivity index (χ1n) is 10.0. The molecule has 7 heteroatoms. The maximum atomic E-state index is 12.3. The zero-order chi connectivity index (χ0) is 19.9. The summed E-state index contributed by atoms with van der Waals surface area (Å²) in [6, 6.07) is 7.86. The van der Waals surface area contributed by atoms with Gasteiger partial charge in [0.2, 0.25) is 0 Å². The third-order valence-corrected chi connectivity index (χ3v) is 5.17. The Kier molecular flexibility index (Phi) is 6.92. The quantitative estimate of drug-likeness (QED) is 0.759. The van der Waals surface area contributed by atoms with Gasteiger partial charge in [-0.05, 0) is 63.4 Å². The number of carbonyl (C=O) groups is 2. The Morgan fingerprint density at radius 2 is 1.75 bits per heavy atom. The number of carbonyl (C=O) groups excluding carboxylic acids is 2. The van der Waals surface area contributed by atoms with Crippen molar-refractivity contribution < 1.29 is 14.3 Å². The molecule has 0 spiro atoms. The van der Waals surface area contributed by atoms with E-state index in [0.717, 1.165) is 12.2 Å². The minimum Gasteiger partial charge on any atom is -0.416 e. The van der Waals surface area contributed by atoms with E-state index in [9.17, 15) is 9.59 Å². The van der Waals surface area contributed by atoms with Crippen LogP contribution in [0.3, 0.4) is 0 Å². The summed E-state index contributed by atoms with van der Waals surface area (Å²) in [6.07, 6.45) is 3.60. The van der Waals surface area contributed by atoms with Crippen molar-refractivity contribution in [1.29, 1.82) is 0 Å². The number of likely N-dealkylation sites (tertiary alicyclic amines) is 2. The van der Waals surface area contributed by atoms with Crippen molar-refractivity contribution in [2.24, 2.45) is 0 Å². The van der Waals surface area contributed by atoms with E-state index in [1.54, 1.807) is 11.8 Å². The summed E-state index contributed by atoms with van der Waals surface area (Å²) < 4.78 is 5.03. The molecule has 2 fully saturated rings. The summed E-state index contributed by atoms with van der Waals surface area (Å²) in [7, 11) is 0. The fourth-order valence-corrected chi connectivity index (χ4v) is 3.66. The van der Waals surface area contributed by atoms with E-state index in [1.807, 2.05) is 12.1 Å². The molecule has 0 aliphatic carbocycles. The number of nitrogens with zero attached hydrogens (tertiary/aromatic N) is 2. The van der Waals surface area contributed by atoms with Gasteiger partial charge in [-0.2, -0.15) is 0 Å². The molecule has 0 aromatic heterocycles. The van der Waals surface area contributed by atoms with Crippen molar-refractivity contribution in [3.63, 3.8) is 0 Å². The second-order valence-corrected chi connectivity index (χ2v) is 7.61. The van der Waals surface area contributed by atoms with Crippen LogP contribution in [-0.4, -0.2) is 54.1 Å². The highest BCUT2D eigenvalue weighted by molar-refractivity contribution is 5.89. The van der Waals surface area contributed by atoms with Gasteiger partial charge in [0.25, 0.3) is 0 Å². The molecule has 0 bridgehead atoms. The van der Waals surface area contributed by atoms with Crippen molar-refractivity contribution in [1.82, 2.24) is 15.1 Å². The summed E-state index contributed by atoms with van der Waals surface area (Å²) in [5.41, 5.74) is 2.05. The van der Waals surface area contributed by atoms with Crippen LogP contribution in [0.2, 0.25) is 0 Å². The van der Waals surface area contributed by atoms with Crippen LogP contribution in [-0.2, 0) is 11.3 Å². The van der Waals surface area contributed by atoms with Crippen LogP contribution in [0.15, 0.2) is 36.6 Å². The smallest absolute Gasteiger partial charge is 0.414 e. The van der Waals surface area contributed by atoms with Crippen LogP contribution in [0, 0.1) is 0 Å². The largest absolute Gasteiger partial charge is 0.416 e. The van der Waals surface area contributed by atoms with Crippen LogP contribution < -0.4 is 10.6 Å². The third-order valence-electron chi connectivity index (χ3n) is 5.17. The zero-order valence-electron chi connectivity index (χ0n) is 16.6. The molecule has 0 atom stereocenters. The fourth-order valence-electron chi connectivity index (χ4n) is 3.66. The van der Waals surface area contributed by atoms with Crippen LogP contribution in [0.5, 0.6) is 0 Å². The number of urea groups is 1. The van der Waals surface area contributed by atoms with Gasteiger partial charge in [0.15, 0.2) is 0 Å². The molecule has 28 heavy (non-hydrogen) atoms. The van der Waals surface area contributed by atoms with Gasteiger partial charge in [-0.1, -0.05) is 18.7 Å². The average Bonchev–Trinajstić information content (AvgIpc) is 3.16. The van der Waals surface area contributed by atoms with Crippen molar-refractivity contribution in [2.45, 2.75) is 45.2 Å². The summed E-state index contributed by atoms with van der Waals surface area (Å²) >= 11 is 0. The molecular weight excluding hydrogens is 356 g/mol. The van der Waals surface area contributed by atoms with E-state index in [1.165, 1.54) is 31.5 Å². The first-order chi connectivity index (χ1) is 13.5. The molecule has 0 radical (unpaired) electrons. The Morgan fingerprint density at radius 1 is 1.11 bits per heavy atom. The van der Waals surface area contributed by atoms with Crippen LogP contribution in [0.1, 0.15) is 38.2 Å². The van der Waals surface area contributed by atoms with Crippen molar-refractivity contribution in [3.05, 3.63) is 42.2 Å². The maximum Gasteiger partial charge on any atom is 0.414 e. The number of anilines is 1. The van der Waals surface area contributed by atoms with Gasteiger partial charge in [0.1, 0.15) is 0 Å². The minimum absolute atomic E-state index is 0.0447. The summed E-state index contributed by atoms with van der Waals surface area (Å²) in [6.45, 7) is 9.66. The molecule has 1 aromatic carbocycles. The standard InChI is InChI=1S/C21H30N4O3/c1-16(2)28-21(27)25-13-9-19(10-14-25)23-20(26)22-18-7-5-17(6-8-18)15-24-11-3-4-12-24/h5-8,19H,1,3-4,9-15H2,2H3,(H2,22,23,26). The molecule has 152 valence electrons. The predicted molar refractivity (Wildman–Crippen MR) is 109 cm³/mol. The van der Waals surface area contributed by atoms with E-state index in [2.05, 4.69) is 34.2 Å². The van der Waals surface area contributed by atoms with E-state index < -0.39 is 0 Å². The number of piperidine rings is 1. The lowest BCUT2D eigenvalue weighted by Crippen LogP contribution is -2.47. The summed E-state index contributed by atoms with van der Waals surface area (Å²) in [4.78, 5) is 28.2. The molecule has 1 aromatic rings. The lowest BCUT2D eigenvalue weighted by molar-refractivity contribution is 0.115. The minimum atomic E-state index is -0.371. The Labute approximate surface area is 166 Å². The topological polar surface area (TPSA) is 73.9 Å². The molecule has 3 rings (SSSR count). The third kappa shape index (κ3) is 5.99. The molecule has 2 heterocycles. The van der Waals surface area contributed by atoms with Gasteiger partial charge in [0.05, 0.1) is 5.76 Å². The number of benzene rings is 1. The number of allylic oxidation sites excluding steroid dienone is 1. The lowest BCUT2D eigenvalue weighted by atomic mass is 10.1.